The van der Waals surface area contributed by atoms with E-state index >= 15 is 0 Å². The Hall–Kier alpha value is -3.38. The minimum absolute atomic E-state index is 0.665. The van der Waals surface area contributed by atoms with Crippen molar-refractivity contribution in [2.24, 2.45) is 5.92 Å². The molecule has 6 heteroatoms. The van der Waals surface area contributed by atoms with E-state index in [0.717, 1.165) is 58.1 Å². The molecule has 2 aromatic heterocycles. The van der Waals surface area contributed by atoms with E-state index in [-0.39, 0.29) is 0 Å². The zero-order valence-corrected chi connectivity index (χ0v) is 19.9. The van der Waals surface area contributed by atoms with Gasteiger partial charge >= 0.3 is 0 Å². The van der Waals surface area contributed by atoms with Gasteiger partial charge in [-0.1, -0.05) is 5.57 Å². The van der Waals surface area contributed by atoms with Crippen LogP contribution in [0.1, 0.15) is 37.6 Å². The van der Waals surface area contributed by atoms with Crippen molar-refractivity contribution in [2.75, 3.05) is 26.7 Å². The minimum Gasteiger partial charge on any atom is -0.494 e. The van der Waals surface area contributed by atoms with E-state index in [9.17, 15) is 0 Å². The molecule has 0 radical (unpaired) electrons. The number of aromatic nitrogens is 4. The number of allylic oxidation sites excluding steroid dienone is 1. The Morgan fingerprint density at radius 2 is 1.71 bits per heavy atom. The topological polar surface area (TPSA) is 69.8 Å². The van der Waals surface area contributed by atoms with E-state index in [1.165, 1.54) is 31.6 Å². The lowest BCUT2D eigenvalue weighted by molar-refractivity contribution is 0.236. The van der Waals surface area contributed by atoms with Crippen LogP contribution in [-0.2, 0) is 6.42 Å². The number of piperidine rings is 1. The lowest BCUT2D eigenvalue weighted by Gasteiger charge is -2.31. The Kier molecular flexibility index (Phi) is 5.46. The molecule has 1 aliphatic carbocycles. The molecule has 0 saturated carbocycles. The van der Waals surface area contributed by atoms with E-state index in [2.05, 4.69) is 46.2 Å². The zero-order chi connectivity index (χ0) is 23.1. The number of hydrogen-bond donors (Lipinski definition) is 2. The number of aromatic amines is 2. The number of nitrogens with one attached hydrogen (secondary N) is 2. The van der Waals surface area contributed by atoms with Gasteiger partial charge in [0, 0.05) is 16.8 Å². The van der Waals surface area contributed by atoms with Crippen molar-refractivity contribution in [1.82, 2.24) is 24.8 Å². The van der Waals surface area contributed by atoms with Crippen LogP contribution in [0.25, 0.3) is 39.9 Å². The second-order valence-corrected chi connectivity index (χ2v) is 9.52. The van der Waals surface area contributed by atoms with Gasteiger partial charge in [-0.15, -0.1) is 0 Å². The summed E-state index contributed by atoms with van der Waals surface area (Å²) in [6, 6.07) is 14.4. The van der Waals surface area contributed by atoms with Crippen molar-refractivity contribution >= 4 is 17.1 Å². The summed E-state index contributed by atoms with van der Waals surface area (Å²) in [4.78, 5) is 19.3. The van der Waals surface area contributed by atoms with Gasteiger partial charge in [-0.25, -0.2) is 9.97 Å². The quantitative estimate of drug-likeness (QED) is 0.407. The number of H-pyrrole nitrogens is 2. The number of rotatable bonds is 5. The van der Waals surface area contributed by atoms with Gasteiger partial charge in [-0.3, -0.25) is 0 Å². The van der Waals surface area contributed by atoms with Crippen LogP contribution in [-0.4, -0.2) is 51.6 Å². The number of imidazole rings is 2. The summed E-state index contributed by atoms with van der Waals surface area (Å²) in [7, 11) is 2.22. The van der Waals surface area contributed by atoms with Gasteiger partial charge in [0.05, 0.1) is 23.3 Å². The summed E-state index contributed by atoms with van der Waals surface area (Å²) in [5.41, 5.74) is 8.03. The van der Waals surface area contributed by atoms with Crippen LogP contribution < -0.4 is 4.74 Å². The molecule has 2 aromatic carbocycles. The number of nitrogens with zero attached hydrogens (tertiary/aromatic N) is 3. The number of fused-ring (bicyclic) bond motifs is 2. The number of aryl methyl sites for hydroxylation is 1. The largest absolute Gasteiger partial charge is 0.494 e. The smallest absolute Gasteiger partial charge is 0.138 e. The molecule has 4 aromatic rings. The molecule has 3 heterocycles. The summed E-state index contributed by atoms with van der Waals surface area (Å²) < 4.78 is 5.55. The van der Waals surface area contributed by atoms with Crippen molar-refractivity contribution in [3.05, 3.63) is 59.4 Å². The Labute approximate surface area is 200 Å². The first-order chi connectivity index (χ1) is 16.7. The first kappa shape index (κ1) is 21.2. The van der Waals surface area contributed by atoms with Crippen molar-refractivity contribution in [3.8, 4) is 28.5 Å². The van der Waals surface area contributed by atoms with Crippen molar-refractivity contribution in [2.45, 2.75) is 32.6 Å². The van der Waals surface area contributed by atoms with Gasteiger partial charge in [0.15, 0.2) is 0 Å². The van der Waals surface area contributed by atoms with Crippen molar-refractivity contribution < 1.29 is 4.74 Å². The van der Waals surface area contributed by atoms with E-state index in [1.807, 2.05) is 31.2 Å². The highest BCUT2D eigenvalue weighted by Crippen LogP contribution is 2.34. The van der Waals surface area contributed by atoms with Gasteiger partial charge in [-0.2, -0.15) is 0 Å². The summed E-state index contributed by atoms with van der Waals surface area (Å²) in [6.45, 7) is 5.05. The molecule has 174 valence electrons. The maximum Gasteiger partial charge on any atom is 0.138 e. The monoisotopic (exact) mass is 453 g/mol. The highest BCUT2D eigenvalue weighted by Gasteiger charge is 2.24. The average molecular weight is 454 g/mol. The average Bonchev–Trinajstić information content (AvgIpc) is 3.48. The lowest BCUT2D eigenvalue weighted by atomic mass is 9.83. The number of ether oxygens (including phenoxy) is 1. The van der Waals surface area contributed by atoms with Crippen molar-refractivity contribution in [1.29, 1.82) is 0 Å². The molecule has 1 fully saturated rings. The Morgan fingerprint density at radius 1 is 0.941 bits per heavy atom. The number of hydrogen-bond acceptors (Lipinski definition) is 4. The molecule has 1 saturated heterocycles. The minimum atomic E-state index is 0.665. The molecular weight excluding hydrogens is 422 g/mol. The van der Waals surface area contributed by atoms with E-state index in [4.69, 9.17) is 14.7 Å². The molecule has 1 aliphatic heterocycles. The van der Waals surface area contributed by atoms with Crippen LogP contribution in [0, 0.1) is 5.92 Å². The first-order valence-electron chi connectivity index (χ1n) is 12.4. The van der Waals surface area contributed by atoms with Gasteiger partial charge in [-0.05, 0) is 107 Å². The van der Waals surface area contributed by atoms with Gasteiger partial charge in [0.1, 0.15) is 17.4 Å². The van der Waals surface area contributed by atoms with Crippen LogP contribution in [0.2, 0.25) is 0 Å². The second-order valence-electron chi connectivity index (χ2n) is 9.52. The van der Waals surface area contributed by atoms with Crippen molar-refractivity contribution in [3.63, 3.8) is 0 Å². The predicted octanol–water partition coefficient (Wildman–Crippen LogP) is 5.69. The zero-order valence-electron chi connectivity index (χ0n) is 19.9. The molecule has 6 nitrogen and oxygen atoms in total. The summed E-state index contributed by atoms with van der Waals surface area (Å²) in [6.07, 6.45) is 7.08. The maximum atomic E-state index is 5.55. The van der Waals surface area contributed by atoms with Crippen LogP contribution in [0.3, 0.4) is 0 Å². The van der Waals surface area contributed by atoms with E-state index in [0.29, 0.717) is 12.5 Å². The Balaban J connectivity index is 1.26. The third-order valence-corrected chi connectivity index (χ3v) is 7.23. The van der Waals surface area contributed by atoms with E-state index in [1.54, 1.807) is 5.57 Å². The highest BCUT2D eigenvalue weighted by molar-refractivity contribution is 5.83. The van der Waals surface area contributed by atoms with Gasteiger partial charge in [0.2, 0.25) is 0 Å². The first-order valence-corrected chi connectivity index (χ1v) is 12.4. The Morgan fingerprint density at radius 3 is 2.50 bits per heavy atom. The summed E-state index contributed by atoms with van der Waals surface area (Å²) in [5, 5.41) is 0. The summed E-state index contributed by atoms with van der Waals surface area (Å²) in [5.74, 6) is 3.38. The fraction of sp³-hybridized carbons (Fsp3) is 0.357. The number of likely N-dealkylation sites (tertiary alicyclic amines) is 1. The molecule has 0 atom stereocenters. The normalized spacial score (nSPS) is 17.1. The van der Waals surface area contributed by atoms with Crippen LogP contribution in [0.15, 0.2) is 48.0 Å². The van der Waals surface area contributed by atoms with Crippen LogP contribution in [0.5, 0.6) is 5.75 Å². The molecule has 2 N–H and O–H groups in total. The molecular formula is C28H31N5O. The SMILES string of the molecule is CCOc1ccc(-c2nc3cc(-c4nc5c([nH]4)CCC(C4CCN(C)CC4)=C5)ccc3[nH]2)cc1. The molecule has 0 bridgehead atoms. The maximum absolute atomic E-state index is 5.55. The van der Waals surface area contributed by atoms with Crippen LogP contribution >= 0.6 is 0 Å². The fourth-order valence-electron chi connectivity index (χ4n) is 5.25. The van der Waals surface area contributed by atoms with E-state index < -0.39 is 0 Å². The number of benzene rings is 2. The third-order valence-electron chi connectivity index (χ3n) is 7.23. The fourth-order valence-corrected chi connectivity index (χ4v) is 5.25. The third kappa shape index (κ3) is 4.03. The second kappa shape index (κ2) is 8.76. The predicted molar refractivity (Wildman–Crippen MR) is 137 cm³/mol. The standard InChI is InChI=1S/C28H31N5O/c1-3-34-22-8-4-19(5-9-22)27-29-24-11-7-21(17-26(24)31-27)28-30-23-10-6-20(16-25(23)32-28)18-12-14-33(2)15-13-18/h4-5,7-9,11,16-18H,3,6,10,12-15H2,1-2H3,(H,29,31)(H,30,32). The highest BCUT2D eigenvalue weighted by atomic mass is 16.5. The Bertz CT molecular complexity index is 1340. The molecule has 6 rings (SSSR count). The molecule has 0 amide bonds. The van der Waals surface area contributed by atoms with Gasteiger partial charge < -0.3 is 19.6 Å². The molecule has 0 spiro atoms. The molecule has 2 aliphatic rings. The van der Waals surface area contributed by atoms with Gasteiger partial charge in [0.25, 0.3) is 0 Å². The van der Waals surface area contributed by atoms with Crippen LogP contribution in [0.4, 0.5) is 0 Å². The summed E-state index contributed by atoms with van der Waals surface area (Å²) >= 11 is 0. The lowest BCUT2D eigenvalue weighted by Crippen LogP contribution is -2.31. The molecule has 34 heavy (non-hydrogen) atoms. The molecule has 0 unspecified atom stereocenters.